The van der Waals surface area contributed by atoms with Crippen LogP contribution in [0.5, 0.6) is 5.75 Å². The van der Waals surface area contributed by atoms with E-state index in [0.717, 1.165) is 56.8 Å². The minimum atomic E-state index is -4.33. The van der Waals surface area contributed by atoms with Crippen LogP contribution in [-0.2, 0) is 23.8 Å². The molecule has 0 saturated heterocycles. The Balaban J connectivity index is 1.32. The summed E-state index contributed by atoms with van der Waals surface area (Å²) in [5, 5.41) is 9.12. The second-order valence-corrected chi connectivity index (χ2v) is 8.47. The molecule has 0 unspecified atom stereocenters. The van der Waals surface area contributed by atoms with Crippen molar-refractivity contribution >= 4 is 12.0 Å². The lowest BCUT2D eigenvalue weighted by atomic mass is 10.0. The van der Waals surface area contributed by atoms with Gasteiger partial charge >= 0.3 is 12.1 Å². The molecule has 2 aromatic carbocycles. The first-order valence-corrected chi connectivity index (χ1v) is 10.8. The van der Waals surface area contributed by atoms with E-state index in [1.807, 2.05) is 12.1 Å². The van der Waals surface area contributed by atoms with Gasteiger partial charge in [0.2, 0.25) is 0 Å². The third-order valence-corrected chi connectivity index (χ3v) is 6.22. The average Bonchev–Trinajstić information content (AvgIpc) is 3.55. The van der Waals surface area contributed by atoms with Gasteiger partial charge in [-0.05, 0) is 66.1 Å². The molecule has 2 atom stereocenters. The van der Waals surface area contributed by atoms with Crippen LogP contribution < -0.4 is 4.74 Å². The van der Waals surface area contributed by atoms with Crippen LogP contribution in [0.3, 0.4) is 0 Å². The molecule has 0 aromatic heterocycles. The molecule has 1 aliphatic carbocycles. The number of nitrogens with zero attached hydrogens (tertiary/aromatic N) is 1. The van der Waals surface area contributed by atoms with Crippen LogP contribution in [0, 0.1) is 11.8 Å². The number of carboxylic acid groups (broad SMARTS) is 1. The van der Waals surface area contributed by atoms with Crippen LogP contribution in [0.4, 0.5) is 13.2 Å². The summed E-state index contributed by atoms with van der Waals surface area (Å²) in [5.74, 6) is 0.222. The van der Waals surface area contributed by atoms with Gasteiger partial charge in [0.1, 0.15) is 12.4 Å². The molecule has 32 heavy (non-hydrogen) atoms. The van der Waals surface area contributed by atoms with E-state index in [1.54, 1.807) is 12.2 Å². The summed E-state index contributed by atoms with van der Waals surface area (Å²) < 4.78 is 43.9. The van der Waals surface area contributed by atoms with Gasteiger partial charge in [-0.1, -0.05) is 30.3 Å². The number of hydrogen-bond donors (Lipinski definition) is 1. The zero-order chi connectivity index (χ0) is 22.7. The maximum Gasteiger partial charge on any atom is 0.416 e. The van der Waals surface area contributed by atoms with Gasteiger partial charge in [-0.15, -0.1) is 0 Å². The highest BCUT2D eigenvalue weighted by molar-refractivity contribution is 5.73. The molecule has 0 bridgehead atoms. The molecule has 4 rings (SSSR count). The van der Waals surface area contributed by atoms with Crippen LogP contribution in [0.2, 0.25) is 0 Å². The zero-order valence-electron chi connectivity index (χ0n) is 17.6. The number of rotatable bonds is 7. The number of carboxylic acids is 1. The highest BCUT2D eigenvalue weighted by atomic mass is 19.4. The summed E-state index contributed by atoms with van der Waals surface area (Å²) in [4.78, 5) is 13.4. The van der Waals surface area contributed by atoms with Crippen molar-refractivity contribution in [1.82, 2.24) is 4.90 Å². The summed E-state index contributed by atoms with van der Waals surface area (Å²) in [6.07, 6.45) is 1.74. The average molecular weight is 445 g/mol. The van der Waals surface area contributed by atoms with Crippen molar-refractivity contribution in [3.63, 3.8) is 0 Å². The standard InChI is InChI=1S/C25H26F3NO3/c26-25(27,28)20-8-6-17(7-9-20)3-2-14-32-23-5-1-4-18-10-12-29(13-11-21(18)23)16-19-15-22(19)24(30)31/h1-9,19,22H,10-16H2,(H,30,31)/b3-2+/t19-,22-/m1/s1. The van der Waals surface area contributed by atoms with Crippen LogP contribution >= 0.6 is 0 Å². The van der Waals surface area contributed by atoms with Crippen molar-refractivity contribution in [3.8, 4) is 5.75 Å². The number of aliphatic carboxylic acids is 1. The Hall–Kier alpha value is -2.80. The van der Waals surface area contributed by atoms with Gasteiger partial charge in [0, 0.05) is 19.6 Å². The molecule has 4 nitrogen and oxygen atoms in total. The van der Waals surface area contributed by atoms with Gasteiger partial charge in [0.15, 0.2) is 0 Å². The quantitative estimate of drug-likeness (QED) is 0.657. The van der Waals surface area contributed by atoms with Crippen LogP contribution in [0.25, 0.3) is 6.08 Å². The molecular weight excluding hydrogens is 419 g/mol. The Bertz CT molecular complexity index is 985. The van der Waals surface area contributed by atoms with Crippen molar-refractivity contribution in [2.45, 2.75) is 25.4 Å². The minimum absolute atomic E-state index is 0.184. The van der Waals surface area contributed by atoms with Crippen molar-refractivity contribution in [3.05, 3.63) is 70.8 Å². The molecular formula is C25H26F3NO3. The Kier molecular flexibility index (Phi) is 6.55. The van der Waals surface area contributed by atoms with E-state index in [1.165, 1.54) is 23.3 Å². The first-order chi connectivity index (χ1) is 15.3. The summed E-state index contributed by atoms with van der Waals surface area (Å²) in [6, 6.07) is 11.1. The van der Waals surface area contributed by atoms with Gasteiger partial charge in [-0.25, -0.2) is 0 Å². The first kappa shape index (κ1) is 22.4. The van der Waals surface area contributed by atoms with E-state index in [2.05, 4.69) is 11.0 Å². The lowest BCUT2D eigenvalue weighted by Crippen LogP contribution is -2.29. The molecule has 1 saturated carbocycles. The molecule has 0 amide bonds. The lowest BCUT2D eigenvalue weighted by molar-refractivity contribution is -0.139. The number of alkyl halides is 3. The molecule has 7 heteroatoms. The first-order valence-electron chi connectivity index (χ1n) is 10.8. The maximum atomic E-state index is 12.7. The second-order valence-electron chi connectivity index (χ2n) is 8.47. The number of ether oxygens (including phenoxy) is 1. The topological polar surface area (TPSA) is 49.8 Å². The number of carbonyl (C=O) groups is 1. The highest BCUT2D eigenvalue weighted by Crippen LogP contribution is 2.39. The van der Waals surface area contributed by atoms with Crippen LogP contribution in [-0.4, -0.2) is 42.2 Å². The summed E-state index contributed by atoms with van der Waals surface area (Å²) in [5.41, 5.74) is 2.46. The minimum Gasteiger partial charge on any atom is -0.489 e. The maximum absolute atomic E-state index is 12.7. The zero-order valence-corrected chi connectivity index (χ0v) is 17.6. The van der Waals surface area contributed by atoms with E-state index in [0.29, 0.717) is 12.2 Å². The fourth-order valence-electron chi connectivity index (χ4n) is 4.30. The third kappa shape index (κ3) is 5.51. The fourth-order valence-corrected chi connectivity index (χ4v) is 4.30. The van der Waals surface area contributed by atoms with Crippen LogP contribution in [0.15, 0.2) is 48.5 Å². The molecule has 0 radical (unpaired) electrons. The Morgan fingerprint density at radius 1 is 1.12 bits per heavy atom. The van der Waals surface area contributed by atoms with E-state index in [4.69, 9.17) is 9.84 Å². The molecule has 1 aliphatic heterocycles. The fraction of sp³-hybridized carbons (Fsp3) is 0.400. The number of benzene rings is 2. The van der Waals surface area contributed by atoms with Crippen molar-refractivity contribution < 1.29 is 27.8 Å². The molecule has 1 fully saturated rings. The lowest BCUT2D eigenvalue weighted by Gasteiger charge is -2.19. The summed E-state index contributed by atoms with van der Waals surface area (Å²) in [7, 11) is 0. The smallest absolute Gasteiger partial charge is 0.416 e. The van der Waals surface area contributed by atoms with E-state index >= 15 is 0 Å². The van der Waals surface area contributed by atoms with Gasteiger partial charge in [-0.3, -0.25) is 4.79 Å². The van der Waals surface area contributed by atoms with E-state index in [-0.39, 0.29) is 11.8 Å². The Labute approximate surface area is 185 Å². The number of fused-ring (bicyclic) bond motifs is 1. The van der Waals surface area contributed by atoms with Gasteiger partial charge < -0.3 is 14.7 Å². The van der Waals surface area contributed by atoms with E-state index in [9.17, 15) is 18.0 Å². The molecule has 2 aliphatic rings. The highest BCUT2D eigenvalue weighted by Gasteiger charge is 2.43. The largest absolute Gasteiger partial charge is 0.489 e. The van der Waals surface area contributed by atoms with E-state index < -0.39 is 17.7 Å². The molecule has 170 valence electrons. The Morgan fingerprint density at radius 2 is 1.88 bits per heavy atom. The molecule has 1 N–H and O–H groups in total. The SMILES string of the molecule is O=C(O)[C@@H]1C[C@@H]1CN1CCc2cccc(OC/C=C/c3ccc(C(F)(F)F)cc3)c2CC1. The number of hydrogen-bond acceptors (Lipinski definition) is 3. The van der Waals surface area contributed by atoms with Crippen molar-refractivity contribution in [1.29, 1.82) is 0 Å². The summed E-state index contributed by atoms with van der Waals surface area (Å²) >= 11 is 0. The van der Waals surface area contributed by atoms with Crippen molar-refractivity contribution in [2.24, 2.45) is 11.8 Å². The molecule has 0 spiro atoms. The van der Waals surface area contributed by atoms with Crippen molar-refractivity contribution in [2.75, 3.05) is 26.2 Å². The summed E-state index contributed by atoms with van der Waals surface area (Å²) in [6.45, 7) is 2.94. The van der Waals surface area contributed by atoms with Gasteiger partial charge in [-0.2, -0.15) is 13.2 Å². The number of halogens is 3. The molecule has 2 aromatic rings. The predicted molar refractivity (Wildman–Crippen MR) is 115 cm³/mol. The monoisotopic (exact) mass is 445 g/mol. The predicted octanol–water partition coefficient (Wildman–Crippen LogP) is 4.92. The Morgan fingerprint density at radius 3 is 2.56 bits per heavy atom. The second kappa shape index (κ2) is 9.36. The molecule has 1 heterocycles. The van der Waals surface area contributed by atoms with Crippen LogP contribution in [0.1, 0.15) is 28.7 Å². The van der Waals surface area contributed by atoms with Gasteiger partial charge in [0.25, 0.3) is 0 Å². The third-order valence-electron chi connectivity index (χ3n) is 6.22. The normalized spacial score (nSPS) is 21.2. The van der Waals surface area contributed by atoms with Gasteiger partial charge in [0.05, 0.1) is 11.5 Å².